The van der Waals surface area contributed by atoms with Gasteiger partial charge in [0, 0.05) is 30.6 Å². The quantitative estimate of drug-likeness (QED) is 0.728. The third-order valence-corrected chi connectivity index (χ3v) is 2.59. The number of pyridine rings is 1. The summed E-state index contributed by atoms with van der Waals surface area (Å²) in [5, 5.41) is 12.4. The Balaban J connectivity index is 2.76. The molecule has 0 saturated heterocycles. The lowest BCUT2D eigenvalue weighted by molar-refractivity contribution is 0.235. The van der Waals surface area contributed by atoms with Gasteiger partial charge in [0.15, 0.2) is 0 Å². The third-order valence-electron chi connectivity index (χ3n) is 2.59. The van der Waals surface area contributed by atoms with Crippen molar-refractivity contribution in [2.24, 2.45) is 5.41 Å². The van der Waals surface area contributed by atoms with Crippen LogP contribution in [0.2, 0.25) is 0 Å². The zero-order chi connectivity index (χ0) is 12.2. The summed E-state index contributed by atoms with van der Waals surface area (Å²) in [6.45, 7) is 6.61. The Morgan fingerprint density at radius 3 is 2.69 bits per heavy atom. The summed E-state index contributed by atoms with van der Waals surface area (Å²) >= 11 is 0. The maximum absolute atomic E-state index is 9.06. The zero-order valence-electron chi connectivity index (χ0n) is 10.2. The monoisotopic (exact) mass is 223 g/mol. The molecule has 0 fully saturated rings. The molecule has 0 saturated carbocycles. The Hall–Kier alpha value is -1.29. The van der Waals surface area contributed by atoms with E-state index in [0.29, 0.717) is 12.2 Å². The van der Waals surface area contributed by atoms with Gasteiger partial charge in [-0.2, -0.15) is 0 Å². The smallest absolute Gasteiger partial charge is 0.125 e. The van der Waals surface area contributed by atoms with Gasteiger partial charge in [-0.05, 0) is 17.9 Å². The van der Waals surface area contributed by atoms with Crippen LogP contribution in [0.5, 0.6) is 0 Å². The minimum Gasteiger partial charge on any atom is -0.396 e. The van der Waals surface area contributed by atoms with E-state index in [-0.39, 0.29) is 18.1 Å². The van der Waals surface area contributed by atoms with E-state index in [4.69, 9.17) is 10.8 Å². The van der Waals surface area contributed by atoms with E-state index in [9.17, 15) is 0 Å². The predicted molar refractivity (Wildman–Crippen MR) is 67.2 cm³/mol. The van der Waals surface area contributed by atoms with Crippen LogP contribution in [0.25, 0.3) is 0 Å². The number of nitrogen functional groups attached to an aromatic ring is 1. The molecular weight excluding hydrogens is 202 g/mol. The molecule has 1 rings (SSSR count). The van der Waals surface area contributed by atoms with Gasteiger partial charge in [-0.3, -0.25) is 0 Å². The van der Waals surface area contributed by atoms with Gasteiger partial charge >= 0.3 is 0 Å². The lowest BCUT2D eigenvalue weighted by atomic mass is 9.85. The topological polar surface area (TPSA) is 71.2 Å². The van der Waals surface area contributed by atoms with E-state index in [1.807, 2.05) is 6.07 Å². The normalized spacial score (nSPS) is 13.5. The van der Waals surface area contributed by atoms with E-state index >= 15 is 0 Å². The molecule has 0 radical (unpaired) electrons. The van der Waals surface area contributed by atoms with Gasteiger partial charge in [0.2, 0.25) is 0 Å². The second-order valence-corrected chi connectivity index (χ2v) is 5.04. The minimum absolute atomic E-state index is 0.0841. The summed E-state index contributed by atoms with van der Waals surface area (Å²) in [5.74, 6) is 0.502. The summed E-state index contributed by atoms with van der Waals surface area (Å²) in [5.41, 5.74) is 6.65. The molecule has 0 aromatic carbocycles. The fraction of sp³-hybridized carbons (Fsp3) is 0.583. The summed E-state index contributed by atoms with van der Waals surface area (Å²) in [6, 6.07) is 3.89. The van der Waals surface area contributed by atoms with E-state index < -0.39 is 0 Å². The second-order valence-electron chi connectivity index (χ2n) is 5.04. The van der Waals surface area contributed by atoms with Gasteiger partial charge in [0.1, 0.15) is 5.82 Å². The van der Waals surface area contributed by atoms with E-state index in [1.165, 1.54) is 0 Å². The standard InChI is InChI=1S/C12H21N3O/c1-12(2,3)10(5-7-16)15-9-4-6-14-11(13)8-9/h4,6,8,10,16H,5,7H2,1-3H3,(H3,13,14,15). The molecule has 1 atom stereocenters. The summed E-state index contributed by atoms with van der Waals surface area (Å²) in [4.78, 5) is 3.94. The van der Waals surface area contributed by atoms with Crippen LogP contribution in [0.4, 0.5) is 11.5 Å². The molecule has 0 aliphatic heterocycles. The fourth-order valence-electron chi connectivity index (χ4n) is 1.59. The third kappa shape index (κ3) is 3.70. The van der Waals surface area contributed by atoms with Gasteiger partial charge in [-0.1, -0.05) is 20.8 Å². The van der Waals surface area contributed by atoms with Crippen LogP contribution in [-0.4, -0.2) is 22.7 Å². The Morgan fingerprint density at radius 1 is 1.50 bits per heavy atom. The number of hydrogen-bond acceptors (Lipinski definition) is 4. The highest BCUT2D eigenvalue weighted by Gasteiger charge is 2.23. The first-order valence-electron chi connectivity index (χ1n) is 5.52. The Bertz CT molecular complexity index is 333. The molecule has 0 aliphatic carbocycles. The average Bonchev–Trinajstić information content (AvgIpc) is 2.16. The molecule has 4 heteroatoms. The molecule has 0 aliphatic rings. The fourth-order valence-corrected chi connectivity index (χ4v) is 1.59. The minimum atomic E-state index is 0.0841. The highest BCUT2D eigenvalue weighted by Crippen LogP contribution is 2.25. The van der Waals surface area contributed by atoms with Crippen LogP contribution in [0.15, 0.2) is 18.3 Å². The van der Waals surface area contributed by atoms with E-state index in [0.717, 1.165) is 5.69 Å². The number of aliphatic hydroxyl groups is 1. The molecule has 90 valence electrons. The first-order valence-corrected chi connectivity index (χ1v) is 5.52. The molecule has 1 aromatic heterocycles. The number of hydrogen-bond donors (Lipinski definition) is 3. The van der Waals surface area contributed by atoms with Crippen molar-refractivity contribution >= 4 is 11.5 Å². The number of nitrogens with two attached hydrogens (primary N) is 1. The first kappa shape index (κ1) is 12.8. The number of nitrogens with one attached hydrogen (secondary N) is 1. The lowest BCUT2D eigenvalue weighted by Crippen LogP contribution is -2.34. The summed E-state index contributed by atoms with van der Waals surface area (Å²) in [7, 11) is 0. The largest absolute Gasteiger partial charge is 0.396 e. The van der Waals surface area contributed by atoms with Crippen molar-refractivity contribution in [1.82, 2.24) is 4.98 Å². The number of anilines is 2. The van der Waals surface area contributed by atoms with Crippen molar-refractivity contribution < 1.29 is 5.11 Å². The molecular formula is C12H21N3O. The summed E-state index contributed by atoms with van der Waals surface area (Å²) in [6.07, 6.45) is 2.39. The van der Waals surface area contributed by atoms with E-state index in [1.54, 1.807) is 12.3 Å². The van der Waals surface area contributed by atoms with Crippen molar-refractivity contribution in [3.05, 3.63) is 18.3 Å². The van der Waals surface area contributed by atoms with Crippen molar-refractivity contribution in [3.8, 4) is 0 Å². The van der Waals surface area contributed by atoms with E-state index in [2.05, 4.69) is 31.1 Å². The molecule has 1 unspecified atom stereocenters. The Morgan fingerprint density at radius 2 is 2.19 bits per heavy atom. The van der Waals surface area contributed by atoms with Gasteiger partial charge in [-0.25, -0.2) is 4.98 Å². The molecule has 0 amide bonds. The van der Waals surface area contributed by atoms with Crippen LogP contribution in [0, 0.1) is 5.41 Å². The first-order chi connectivity index (χ1) is 7.43. The van der Waals surface area contributed by atoms with Gasteiger partial charge < -0.3 is 16.2 Å². The number of aromatic nitrogens is 1. The van der Waals surface area contributed by atoms with Gasteiger partial charge in [0.05, 0.1) is 0 Å². The molecule has 1 heterocycles. The molecule has 4 N–H and O–H groups in total. The number of aliphatic hydroxyl groups excluding tert-OH is 1. The maximum atomic E-state index is 9.06. The zero-order valence-corrected chi connectivity index (χ0v) is 10.2. The van der Waals surface area contributed by atoms with Crippen molar-refractivity contribution in [2.75, 3.05) is 17.7 Å². The lowest BCUT2D eigenvalue weighted by Gasteiger charge is -2.32. The highest BCUT2D eigenvalue weighted by atomic mass is 16.3. The van der Waals surface area contributed by atoms with Crippen LogP contribution in [0.1, 0.15) is 27.2 Å². The molecule has 0 bridgehead atoms. The Kier molecular flexibility index (Phi) is 4.12. The van der Waals surface area contributed by atoms with Gasteiger partial charge in [-0.15, -0.1) is 0 Å². The highest BCUT2D eigenvalue weighted by molar-refractivity contribution is 5.50. The SMILES string of the molecule is CC(C)(C)C(CCO)Nc1ccnc(N)c1. The Labute approximate surface area is 96.9 Å². The van der Waals surface area contributed by atoms with Crippen LogP contribution >= 0.6 is 0 Å². The molecule has 4 nitrogen and oxygen atoms in total. The van der Waals surface area contributed by atoms with Crippen LogP contribution < -0.4 is 11.1 Å². The van der Waals surface area contributed by atoms with Crippen molar-refractivity contribution in [1.29, 1.82) is 0 Å². The van der Waals surface area contributed by atoms with Gasteiger partial charge in [0.25, 0.3) is 0 Å². The van der Waals surface area contributed by atoms with Crippen LogP contribution in [0.3, 0.4) is 0 Å². The maximum Gasteiger partial charge on any atom is 0.125 e. The predicted octanol–water partition coefficient (Wildman–Crippen LogP) is 1.87. The van der Waals surface area contributed by atoms with Crippen LogP contribution in [-0.2, 0) is 0 Å². The number of nitrogens with zero attached hydrogens (tertiary/aromatic N) is 1. The molecule has 1 aromatic rings. The molecule has 0 spiro atoms. The van der Waals surface area contributed by atoms with Crippen molar-refractivity contribution in [2.45, 2.75) is 33.2 Å². The van der Waals surface area contributed by atoms with Crippen molar-refractivity contribution in [3.63, 3.8) is 0 Å². The average molecular weight is 223 g/mol. The number of rotatable bonds is 4. The summed E-state index contributed by atoms with van der Waals surface area (Å²) < 4.78 is 0. The second kappa shape index (κ2) is 5.16. The molecule has 16 heavy (non-hydrogen) atoms.